The summed E-state index contributed by atoms with van der Waals surface area (Å²) in [6.45, 7) is 4.04. The van der Waals surface area contributed by atoms with Gasteiger partial charge < -0.3 is 5.11 Å². The van der Waals surface area contributed by atoms with Gasteiger partial charge in [-0.15, -0.1) is 0 Å². The molecule has 1 N–H and O–H groups in total. The van der Waals surface area contributed by atoms with Crippen LogP contribution < -0.4 is 0 Å². The minimum absolute atomic E-state index is 0.00927. The van der Waals surface area contributed by atoms with E-state index < -0.39 is 0 Å². The second kappa shape index (κ2) is 7.18. The number of aromatic hydroxyl groups is 1. The molecule has 0 aliphatic carbocycles. The highest BCUT2D eigenvalue weighted by molar-refractivity contribution is 5.83. The summed E-state index contributed by atoms with van der Waals surface area (Å²) in [5.41, 5.74) is 6.90. The average molecular weight is 328 g/mol. The van der Waals surface area contributed by atoms with E-state index in [1.165, 1.54) is 16.7 Å². The molecule has 0 saturated carbocycles. The average Bonchev–Trinajstić information content (AvgIpc) is 2.63. The number of rotatable bonds is 4. The molecule has 2 heteroatoms. The van der Waals surface area contributed by atoms with Crippen LogP contribution in [0.15, 0.2) is 60.7 Å². The van der Waals surface area contributed by atoms with Gasteiger partial charge in [0.2, 0.25) is 0 Å². The van der Waals surface area contributed by atoms with Gasteiger partial charge in [-0.05, 0) is 59.4 Å². The van der Waals surface area contributed by atoms with E-state index in [9.17, 15) is 9.90 Å². The number of phenolic OH excluding ortho intramolecular Hbond substituents is 1. The zero-order chi connectivity index (χ0) is 17.8. The number of carbonyl (C=O) groups is 1. The van der Waals surface area contributed by atoms with Crippen LogP contribution in [-0.4, -0.2) is 11.4 Å². The maximum Gasteiger partial charge on any atom is 0.153 e. The van der Waals surface area contributed by atoms with Gasteiger partial charge in [0.05, 0.1) is 5.56 Å². The van der Waals surface area contributed by atoms with Crippen molar-refractivity contribution in [2.24, 2.45) is 0 Å². The predicted octanol–water partition coefficient (Wildman–Crippen LogP) is 5.66. The van der Waals surface area contributed by atoms with Crippen molar-refractivity contribution in [2.45, 2.75) is 13.8 Å². The SMILES string of the molecule is Cc1cc(C=O)c(O)cc1/C=C/c1cccc(-c2ccccc2)c1C. The quantitative estimate of drug-likeness (QED) is 0.496. The van der Waals surface area contributed by atoms with E-state index in [0.717, 1.165) is 16.7 Å². The van der Waals surface area contributed by atoms with Gasteiger partial charge in [-0.2, -0.15) is 0 Å². The molecule has 25 heavy (non-hydrogen) atoms. The van der Waals surface area contributed by atoms with Gasteiger partial charge in [-0.3, -0.25) is 4.79 Å². The maximum atomic E-state index is 10.9. The smallest absolute Gasteiger partial charge is 0.153 e. The first kappa shape index (κ1) is 16.7. The Kier molecular flexibility index (Phi) is 4.80. The molecule has 0 saturated heterocycles. The Bertz CT molecular complexity index is 938. The van der Waals surface area contributed by atoms with Crippen LogP contribution >= 0.6 is 0 Å². The third-order valence-electron chi connectivity index (χ3n) is 4.45. The molecule has 0 unspecified atom stereocenters. The molecular weight excluding hydrogens is 308 g/mol. The molecule has 0 spiro atoms. The van der Waals surface area contributed by atoms with Gasteiger partial charge in [-0.25, -0.2) is 0 Å². The molecule has 124 valence electrons. The Balaban J connectivity index is 1.98. The van der Waals surface area contributed by atoms with Crippen LogP contribution in [-0.2, 0) is 0 Å². The fraction of sp³-hybridized carbons (Fsp3) is 0.0870. The fourth-order valence-electron chi connectivity index (χ4n) is 2.95. The lowest BCUT2D eigenvalue weighted by Gasteiger charge is -2.09. The molecule has 0 atom stereocenters. The molecule has 0 aliphatic heterocycles. The van der Waals surface area contributed by atoms with Gasteiger partial charge in [0, 0.05) is 0 Å². The van der Waals surface area contributed by atoms with Crippen molar-refractivity contribution in [3.63, 3.8) is 0 Å². The second-order valence-corrected chi connectivity index (χ2v) is 6.10. The summed E-state index contributed by atoms with van der Waals surface area (Å²) in [7, 11) is 0. The first-order valence-electron chi connectivity index (χ1n) is 8.22. The number of hydrogen-bond donors (Lipinski definition) is 1. The molecule has 0 heterocycles. The summed E-state index contributed by atoms with van der Waals surface area (Å²) >= 11 is 0. The zero-order valence-corrected chi connectivity index (χ0v) is 14.4. The third-order valence-corrected chi connectivity index (χ3v) is 4.45. The van der Waals surface area contributed by atoms with Crippen molar-refractivity contribution in [1.82, 2.24) is 0 Å². The maximum absolute atomic E-state index is 10.9. The number of phenols is 1. The Morgan fingerprint density at radius 1 is 0.800 bits per heavy atom. The fourth-order valence-corrected chi connectivity index (χ4v) is 2.95. The molecule has 0 radical (unpaired) electrons. The van der Waals surface area contributed by atoms with Crippen molar-refractivity contribution in [3.05, 3.63) is 88.5 Å². The molecule has 0 aliphatic rings. The van der Waals surface area contributed by atoms with Crippen LogP contribution in [0.1, 0.15) is 32.6 Å². The Morgan fingerprint density at radius 2 is 1.52 bits per heavy atom. The van der Waals surface area contributed by atoms with E-state index in [0.29, 0.717) is 11.8 Å². The van der Waals surface area contributed by atoms with Crippen molar-refractivity contribution < 1.29 is 9.90 Å². The van der Waals surface area contributed by atoms with E-state index >= 15 is 0 Å². The lowest BCUT2D eigenvalue weighted by molar-refractivity contribution is 0.112. The topological polar surface area (TPSA) is 37.3 Å². The molecule has 2 nitrogen and oxygen atoms in total. The summed E-state index contributed by atoms with van der Waals surface area (Å²) in [6.07, 6.45) is 4.69. The van der Waals surface area contributed by atoms with Crippen LogP contribution in [0, 0.1) is 13.8 Å². The minimum atomic E-state index is 0.00927. The molecule has 0 bridgehead atoms. The van der Waals surface area contributed by atoms with Crippen LogP contribution in [0.25, 0.3) is 23.3 Å². The standard InChI is InChI=1S/C23H20O2/c1-16-13-21(15-24)23(25)14-20(16)12-11-18-9-6-10-22(17(18)2)19-7-4-3-5-8-19/h3-15,25H,1-2H3/b12-11+. The molecular formula is C23H20O2. The molecule has 0 fully saturated rings. The van der Waals surface area contributed by atoms with E-state index in [2.05, 4.69) is 37.3 Å². The third kappa shape index (κ3) is 3.53. The Hall–Kier alpha value is -3.13. The minimum Gasteiger partial charge on any atom is -0.507 e. The van der Waals surface area contributed by atoms with Gasteiger partial charge in [0.15, 0.2) is 6.29 Å². The largest absolute Gasteiger partial charge is 0.507 e. The summed E-state index contributed by atoms with van der Waals surface area (Å²) in [4.78, 5) is 10.9. The molecule has 3 rings (SSSR count). The van der Waals surface area contributed by atoms with Crippen LogP contribution in [0.2, 0.25) is 0 Å². The Labute approximate surface area is 148 Å². The number of benzene rings is 3. The first-order valence-corrected chi connectivity index (χ1v) is 8.22. The van der Waals surface area contributed by atoms with E-state index in [-0.39, 0.29) is 5.75 Å². The number of aldehydes is 1. The van der Waals surface area contributed by atoms with Crippen molar-refractivity contribution in [1.29, 1.82) is 0 Å². The van der Waals surface area contributed by atoms with Crippen LogP contribution in [0.4, 0.5) is 0 Å². The highest BCUT2D eigenvalue weighted by Gasteiger charge is 2.06. The molecule has 3 aromatic rings. The highest BCUT2D eigenvalue weighted by atomic mass is 16.3. The Morgan fingerprint density at radius 3 is 2.24 bits per heavy atom. The van der Waals surface area contributed by atoms with Crippen molar-refractivity contribution >= 4 is 18.4 Å². The zero-order valence-electron chi connectivity index (χ0n) is 14.4. The predicted molar refractivity (Wildman–Crippen MR) is 104 cm³/mol. The highest BCUT2D eigenvalue weighted by Crippen LogP contribution is 2.27. The number of hydrogen-bond acceptors (Lipinski definition) is 2. The summed E-state index contributed by atoms with van der Waals surface area (Å²) in [5.74, 6) is 0.00927. The molecule has 0 aromatic heterocycles. The van der Waals surface area contributed by atoms with Crippen LogP contribution in [0.3, 0.4) is 0 Å². The van der Waals surface area contributed by atoms with Gasteiger partial charge in [0.1, 0.15) is 5.75 Å². The lowest BCUT2D eigenvalue weighted by Crippen LogP contribution is -1.89. The monoisotopic (exact) mass is 328 g/mol. The van der Waals surface area contributed by atoms with E-state index in [1.54, 1.807) is 12.1 Å². The summed E-state index contributed by atoms with van der Waals surface area (Å²) in [6, 6.07) is 19.9. The summed E-state index contributed by atoms with van der Waals surface area (Å²) in [5, 5.41) is 9.90. The number of aryl methyl sites for hydroxylation is 1. The molecule has 0 amide bonds. The second-order valence-electron chi connectivity index (χ2n) is 6.10. The summed E-state index contributed by atoms with van der Waals surface area (Å²) < 4.78 is 0. The lowest BCUT2D eigenvalue weighted by atomic mass is 9.95. The van der Waals surface area contributed by atoms with Crippen molar-refractivity contribution in [3.8, 4) is 16.9 Å². The number of carbonyl (C=O) groups excluding carboxylic acids is 1. The van der Waals surface area contributed by atoms with Crippen LogP contribution in [0.5, 0.6) is 5.75 Å². The molecule has 3 aromatic carbocycles. The van der Waals surface area contributed by atoms with Gasteiger partial charge in [-0.1, -0.05) is 60.7 Å². The van der Waals surface area contributed by atoms with E-state index in [4.69, 9.17) is 0 Å². The van der Waals surface area contributed by atoms with Gasteiger partial charge in [0.25, 0.3) is 0 Å². The van der Waals surface area contributed by atoms with Gasteiger partial charge >= 0.3 is 0 Å². The van der Waals surface area contributed by atoms with Crippen molar-refractivity contribution in [2.75, 3.05) is 0 Å². The first-order chi connectivity index (χ1) is 12.1. The van der Waals surface area contributed by atoms with E-state index in [1.807, 2.05) is 37.3 Å². The normalized spacial score (nSPS) is 11.0.